The number of thioether (sulfide) groups is 1. The molecule has 0 saturated heterocycles. The highest BCUT2D eigenvalue weighted by molar-refractivity contribution is 9.10. The van der Waals surface area contributed by atoms with Gasteiger partial charge in [0.1, 0.15) is 0 Å². The maximum Gasteiger partial charge on any atom is 0.0186 e. The van der Waals surface area contributed by atoms with Crippen LogP contribution in [0.1, 0.15) is 19.8 Å². The van der Waals surface area contributed by atoms with Crippen LogP contribution in [-0.2, 0) is 0 Å². The third-order valence-electron chi connectivity index (χ3n) is 2.66. The zero-order valence-corrected chi connectivity index (χ0v) is 12.0. The summed E-state index contributed by atoms with van der Waals surface area (Å²) in [6.45, 7) is 3.48. The lowest BCUT2D eigenvalue weighted by Gasteiger charge is -2.11. The summed E-state index contributed by atoms with van der Waals surface area (Å²) < 4.78 is 1.17. The summed E-state index contributed by atoms with van der Waals surface area (Å²) in [4.78, 5) is 1.35. The normalized spacial score (nSPS) is 17.4. The van der Waals surface area contributed by atoms with Crippen LogP contribution < -0.4 is 5.32 Å². The molecule has 1 unspecified atom stereocenters. The van der Waals surface area contributed by atoms with Gasteiger partial charge in [-0.2, -0.15) is 0 Å². The minimum Gasteiger partial charge on any atom is -0.314 e. The van der Waals surface area contributed by atoms with Crippen LogP contribution in [0.3, 0.4) is 0 Å². The van der Waals surface area contributed by atoms with E-state index in [-0.39, 0.29) is 0 Å². The molecule has 88 valence electrons. The van der Waals surface area contributed by atoms with Crippen molar-refractivity contribution in [3.8, 4) is 0 Å². The van der Waals surface area contributed by atoms with Crippen LogP contribution in [0.5, 0.6) is 0 Å². The number of hydrogen-bond donors (Lipinski definition) is 1. The van der Waals surface area contributed by atoms with Crippen LogP contribution >= 0.6 is 27.7 Å². The van der Waals surface area contributed by atoms with E-state index >= 15 is 0 Å². The first-order valence-corrected chi connectivity index (χ1v) is 7.63. The fourth-order valence-corrected chi connectivity index (χ4v) is 3.04. The van der Waals surface area contributed by atoms with Crippen molar-refractivity contribution in [3.63, 3.8) is 0 Å². The Morgan fingerprint density at radius 3 is 3.00 bits per heavy atom. The molecule has 1 N–H and O–H groups in total. The van der Waals surface area contributed by atoms with Gasteiger partial charge in [0.05, 0.1) is 0 Å². The molecule has 0 spiro atoms. The Bertz CT molecular complexity index is 338. The summed E-state index contributed by atoms with van der Waals surface area (Å²) in [7, 11) is 0. The van der Waals surface area contributed by atoms with Gasteiger partial charge in [0, 0.05) is 21.2 Å². The Morgan fingerprint density at radius 1 is 1.50 bits per heavy atom. The maximum absolute atomic E-state index is 3.58. The van der Waals surface area contributed by atoms with Gasteiger partial charge in [0.25, 0.3) is 0 Å². The summed E-state index contributed by atoms with van der Waals surface area (Å²) in [6.07, 6.45) is 2.76. The fourth-order valence-electron chi connectivity index (χ4n) is 1.51. The van der Waals surface area contributed by atoms with Crippen molar-refractivity contribution in [2.75, 3.05) is 12.3 Å². The number of rotatable bonds is 6. The van der Waals surface area contributed by atoms with Crippen molar-refractivity contribution in [3.05, 3.63) is 28.7 Å². The third kappa shape index (κ3) is 4.48. The fraction of sp³-hybridized carbons (Fsp3) is 0.538. The average Bonchev–Trinajstić information content (AvgIpc) is 3.07. The van der Waals surface area contributed by atoms with Crippen molar-refractivity contribution >= 4 is 27.7 Å². The van der Waals surface area contributed by atoms with Gasteiger partial charge in [-0.3, -0.25) is 0 Å². The molecule has 1 aliphatic rings. The van der Waals surface area contributed by atoms with Crippen LogP contribution in [0, 0.1) is 5.92 Å². The van der Waals surface area contributed by atoms with E-state index in [1.165, 1.54) is 28.0 Å². The Balaban J connectivity index is 1.69. The summed E-state index contributed by atoms with van der Waals surface area (Å²) in [5, 5.41) is 3.58. The highest BCUT2D eigenvalue weighted by Crippen LogP contribution is 2.24. The molecular formula is C13H18BrNS. The second kappa shape index (κ2) is 6.08. The van der Waals surface area contributed by atoms with Crippen LogP contribution in [0.25, 0.3) is 0 Å². The standard InChI is InChI=1S/C13H18BrNS/c1-10(8-15-12-5-6-12)9-16-13-4-2-3-11(14)7-13/h2-4,7,10,12,15H,5-6,8-9H2,1H3. The van der Waals surface area contributed by atoms with Gasteiger partial charge in [0.2, 0.25) is 0 Å². The van der Waals surface area contributed by atoms with Gasteiger partial charge in [-0.15, -0.1) is 11.8 Å². The molecule has 1 aromatic rings. The van der Waals surface area contributed by atoms with E-state index in [4.69, 9.17) is 0 Å². The van der Waals surface area contributed by atoms with Gasteiger partial charge in [-0.1, -0.05) is 28.9 Å². The molecule has 2 rings (SSSR count). The number of nitrogens with one attached hydrogen (secondary N) is 1. The van der Waals surface area contributed by atoms with E-state index in [1.54, 1.807) is 0 Å². The topological polar surface area (TPSA) is 12.0 Å². The van der Waals surface area contributed by atoms with E-state index in [0.717, 1.165) is 18.5 Å². The van der Waals surface area contributed by atoms with Crippen LogP contribution in [0.4, 0.5) is 0 Å². The summed E-state index contributed by atoms with van der Waals surface area (Å²) in [5.41, 5.74) is 0. The third-order valence-corrected chi connectivity index (χ3v) is 4.48. The molecule has 0 bridgehead atoms. The van der Waals surface area contributed by atoms with Crippen molar-refractivity contribution < 1.29 is 0 Å². The van der Waals surface area contributed by atoms with Crippen molar-refractivity contribution in [2.24, 2.45) is 5.92 Å². The lowest BCUT2D eigenvalue weighted by atomic mass is 10.2. The van der Waals surface area contributed by atoms with E-state index in [0.29, 0.717) is 0 Å². The molecule has 16 heavy (non-hydrogen) atoms. The second-order valence-electron chi connectivity index (χ2n) is 4.56. The molecule has 1 fully saturated rings. The quantitative estimate of drug-likeness (QED) is 0.799. The van der Waals surface area contributed by atoms with Crippen LogP contribution in [0.2, 0.25) is 0 Å². The Hall–Kier alpha value is 0.01000. The number of halogens is 1. The van der Waals surface area contributed by atoms with E-state index < -0.39 is 0 Å². The van der Waals surface area contributed by atoms with Crippen molar-refractivity contribution in [1.82, 2.24) is 5.32 Å². The van der Waals surface area contributed by atoms with Gasteiger partial charge in [0.15, 0.2) is 0 Å². The summed E-state index contributed by atoms with van der Waals surface area (Å²) in [5.74, 6) is 1.93. The molecule has 1 nitrogen and oxygen atoms in total. The van der Waals surface area contributed by atoms with Crippen molar-refractivity contribution in [2.45, 2.75) is 30.7 Å². The second-order valence-corrected chi connectivity index (χ2v) is 6.57. The Labute approximate surface area is 111 Å². The summed E-state index contributed by atoms with van der Waals surface area (Å²) >= 11 is 5.45. The molecule has 0 radical (unpaired) electrons. The first-order chi connectivity index (χ1) is 7.74. The monoisotopic (exact) mass is 299 g/mol. The predicted molar refractivity (Wildman–Crippen MR) is 75.1 cm³/mol. The smallest absolute Gasteiger partial charge is 0.0186 e. The first-order valence-electron chi connectivity index (χ1n) is 5.86. The SMILES string of the molecule is CC(CNC1CC1)CSc1cccc(Br)c1. The van der Waals surface area contributed by atoms with Crippen LogP contribution in [-0.4, -0.2) is 18.3 Å². The molecule has 1 aromatic carbocycles. The van der Waals surface area contributed by atoms with E-state index in [1.807, 2.05) is 11.8 Å². The Kier molecular flexibility index (Phi) is 4.74. The molecule has 3 heteroatoms. The molecule has 0 amide bonds. The zero-order valence-electron chi connectivity index (χ0n) is 9.58. The largest absolute Gasteiger partial charge is 0.314 e. The van der Waals surface area contributed by atoms with E-state index in [2.05, 4.69) is 52.4 Å². The lowest BCUT2D eigenvalue weighted by Crippen LogP contribution is -2.24. The van der Waals surface area contributed by atoms with Gasteiger partial charge in [-0.25, -0.2) is 0 Å². The maximum atomic E-state index is 3.58. The molecule has 0 aliphatic heterocycles. The predicted octanol–water partition coefficient (Wildman–Crippen LogP) is 3.93. The zero-order chi connectivity index (χ0) is 11.4. The lowest BCUT2D eigenvalue weighted by molar-refractivity contribution is 0.557. The molecule has 1 atom stereocenters. The van der Waals surface area contributed by atoms with Gasteiger partial charge < -0.3 is 5.32 Å². The highest BCUT2D eigenvalue weighted by Gasteiger charge is 2.20. The molecule has 0 heterocycles. The van der Waals surface area contributed by atoms with E-state index in [9.17, 15) is 0 Å². The minimum atomic E-state index is 0.740. The molecule has 0 aromatic heterocycles. The highest BCUT2D eigenvalue weighted by atomic mass is 79.9. The van der Waals surface area contributed by atoms with Gasteiger partial charge in [-0.05, 0) is 43.5 Å². The molecule has 1 aliphatic carbocycles. The van der Waals surface area contributed by atoms with Crippen molar-refractivity contribution in [1.29, 1.82) is 0 Å². The van der Waals surface area contributed by atoms with Gasteiger partial charge >= 0.3 is 0 Å². The molecule has 1 saturated carbocycles. The number of hydrogen-bond acceptors (Lipinski definition) is 2. The first kappa shape index (κ1) is 12.5. The minimum absolute atomic E-state index is 0.740. The summed E-state index contributed by atoms with van der Waals surface area (Å²) in [6, 6.07) is 9.36. The van der Waals surface area contributed by atoms with Crippen LogP contribution in [0.15, 0.2) is 33.6 Å². The molecular weight excluding hydrogens is 282 g/mol. The number of benzene rings is 1. The Morgan fingerprint density at radius 2 is 2.31 bits per heavy atom. The average molecular weight is 300 g/mol.